The fourth-order valence-corrected chi connectivity index (χ4v) is 3.69. The van der Waals surface area contributed by atoms with Crippen molar-refractivity contribution in [2.45, 2.75) is 51.2 Å². The Kier molecular flexibility index (Phi) is 7.60. The number of ether oxygens (including phenoxy) is 2. The second kappa shape index (κ2) is 10.6. The Bertz CT molecular complexity index is 857. The summed E-state index contributed by atoms with van der Waals surface area (Å²) in [4.78, 5) is 28.5. The number of hydrogen-bond donors (Lipinski definition) is 1. The van der Waals surface area contributed by atoms with Crippen LogP contribution in [0.4, 0.5) is 0 Å². The van der Waals surface area contributed by atoms with Gasteiger partial charge in [-0.3, -0.25) is 14.6 Å². The highest BCUT2D eigenvalue weighted by Gasteiger charge is 2.37. The normalized spacial score (nSPS) is 15.1. The summed E-state index contributed by atoms with van der Waals surface area (Å²) in [6, 6.07) is 11.4. The van der Waals surface area contributed by atoms with E-state index in [1.807, 2.05) is 36.4 Å². The number of carbonyl (C=O) groups excluding carboxylic acids is 2. The zero-order valence-electron chi connectivity index (χ0n) is 17.3. The molecule has 30 heavy (non-hydrogen) atoms. The quantitative estimate of drug-likeness (QED) is 0.500. The van der Waals surface area contributed by atoms with Gasteiger partial charge >= 0.3 is 5.97 Å². The van der Waals surface area contributed by atoms with Crippen LogP contribution in [-0.4, -0.2) is 29.0 Å². The van der Waals surface area contributed by atoms with Gasteiger partial charge < -0.3 is 14.8 Å². The van der Waals surface area contributed by atoms with Crippen molar-refractivity contribution >= 4 is 18.0 Å². The number of pyridine rings is 1. The van der Waals surface area contributed by atoms with E-state index in [0.29, 0.717) is 13.2 Å². The van der Waals surface area contributed by atoms with Gasteiger partial charge in [-0.15, -0.1) is 0 Å². The highest BCUT2D eigenvalue weighted by Crippen LogP contribution is 2.33. The Hall–Kier alpha value is -3.15. The number of carbonyl (C=O) groups is 2. The Morgan fingerprint density at radius 1 is 1.17 bits per heavy atom. The van der Waals surface area contributed by atoms with Gasteiger partial charge in [0.25, 0.3) is 0 Å². The summed E-state index contributed by atoms with van der Waals surface area (Å²) >= 11 is 0. The van der Waals surface area contributed by atoms with Crippen molar-refractivity contribution in [1.29, 1.82) is 0 Å². The maximum absolute atomic E-state index is 12.5. The number of esters is 1. The van der Waals surface area contributed by atoms with Crippen molar-refractivity contribution in [3.05, 3.63) is 66.0 Å². The van der Waals surface area contributed by atoms with E-state index in [1.165, 1.54) is 6.08 Å². The van der Waals surface area contributed by atoms with Crippen LogP contribution in [0, 0.1) is 0 Å². The maximum atomic E-state index is 12.5. The summed E-state index contributed by atoms with van der Waals surface area (Å²) in [6.07, 6.45) is 10.6. The third-order valence-corrected chi connectivity index (χ3v) is 5.17. The monoisotopic (exact) mass is 408 g/mol. The van der Waals surface area contributed by atoms with Crippen LogP contribution >= 0.6 is 0 Å². The van der Waals surface area contributed by atoms with E-state index < -0.39 is 5.54 Å². The molecule has 1 amide bonds. The number of benzene rings is 1. The first-order valence-electron chi connectivity index (χ1n) is 10.4. The fraction of sp³-hybridized carbons (Fsp3) is 0.375. The van der Waals surface area contributed by atoms with Crippen LogP contribution in [0.25, 0.3) is 6.08 Å². The molecule has 0 unspecified atom stereocenters. The molecule has 3 rings (SSSR count). The molecular weight excluding hydrogens is 380 g/mol. The molecule has 0 aliphatic heterocycles. The molecule has 1 aliphatic rings. The van der Waals surface area contributed by atoms with Crippen LogP contribution in [-0.2, 0) is 20.9 Å². The Balaban J connectivity index is 1.53. The van der Waals surface area contributed by atoms with E-state index in [2.05, 4.69) is 10.3 Å². The van der Waals surface area contributed by atoms with Gasteiger partial charge in [-0.1, -0.05) is 31.0 Å². The average Bonchev–Trinajstić information content (AvgIpc) is 3.20. The number of rotatable bonds is 9. The molecule has 0 atom stereocenters. The lowest BCUT2D eigenvalue weighted by molar-refractivity contribution is -0.145. The van der Waals surface area contributed by atoms with Gasteiger partial charge in [-0.25, -0.2) is 0 Å². The minimum absolute atomic E-state index is 0.196. The smallest absolute Gasteiger partial charge is 0.308 e. The van der Waals surface area contributed by atoms with Crippen LogP contribution in [0.3, 0.4) is 0 Å². The molecule has 2 aromatic rings. The number of amides is 1. The summed E-state index contributed by atoms with van der Waals surface area (Å²) in [5.74, 6) is 0.295. The summed E-state index contributed by atoms with van der Waals surface area (Å²) in [7, 11) is 0. The van der Waals surface area contributed by atoms with Crippen molar-refractivity contribution in [3.8, 4) is 5.75 Å². The molecule has 1 saturated carbocycles. The third kappa shape index (κ3) is 6.44. The van der Waals surface area contributed by atoms with E-state index in [9.17, 15) is 9.59 Å². The zero-order chi connectivity index (χ0) is 21.2. The minimum atomic E-state index is -0.488. The Labute approximate surface area is 177 Å². The lowest BCUT2D eigenvalue weighted by atomic mass is 9.93. The molecule has 6 nitrogen and oxygen atoms in total. The summed E-state index contributed by atoms with van der Waals surface area (Å²) < 4.78 is 10.8. The van der Waals surface area contributed by atoms with Gasteiger partial charge in [0.15, 0.2) is 0 Å². The van der Waals surface area contributed by atoms with Crippen LogP contribution in [0.1, 0.15) is 50.2 Å². The summed E-state index contributed by atoms with van der Waals surface area (Å²) in [5.41, 5.74) is 1.41. The molecule has 1 heterocycles. The van der Waals surface area contributed by atoms with Crippen molar-refractivity contribution in [3.63, 3.8) is 0 Å². The molecule has 0 bridgehead atoms. The molecule has 0 radical (unpaired) electrons. The van der Waals surface area contributed by atoms with Gasteiger partial charge in [0, 0.05) is 24.0 Å². The predicted octanol–water partition coefficient (Wildman–Crippen LogP) is 4.06. The van der Waals surface area contributed by atoms with Gasteiger partial charge in [0.05, 0.1) is 18.6 Å². The first kappa shape index (κ1) is 21.6. The maximum Gasteiger partial charge on any atom is 0.308 e. The Morgan fingerprint density at radius 3 is 2.60 bits per heavy atom. The van der Waals surface area contributed by atoms with Gasteiger partial charge in [0.2, 0.25) is 5.91 Å². The topological polar surface area (TPSA) is 77.5 Å². The van der Waals surface area contributed by atoms with Crippen molar-refractivity contribution in [1.82, 2.24) is 10.3 Å². The molecular formula is C24H28N2O4. The van der Waals surface area contributed by atoms with Gasteiger partial charge in [-0.2, -0.15) is 0 Å². The second-order valence-corrected chi connectivity index (χ2v) is 7.51. The van der Waals surface area contributed by atoms with Crippen molar-refractivity contribution in [2.75, 3.05) is 6.61 Å². The molecule has 1 aromatic carbocycles. The highest BCUT2D eigenvalue weighted by atomic mass is 16.5. The van der Waals surface area contributed by atoms with E-state index in [-0.39, 0.29) is 18.3 Å². The lowest BCUT2D eigenvalue weighted by Crippen LogP contribution is -2.47. The number of aromatic nitrogens is 1. The first-order chi connectivity index (χ1) is 14.6. The third-order valence-electron chi connectivity index (χ3n) is 5.17. The van der Waals surface area contributed by atoms with Crippen LogP contribution < -0.4 is 10.1 Å². The van der Waals surface area contributed by atoms with Crippen molar-refractivity contribution < 1.29 is 19.1 Å². The number of nitrogens with one attached hydrogen (secondary N) is 1. The lowest BCUT2D eigenvalue weighted by Gasteiger charge is -2.28. The Morgan fingerprint density at radius 2 is 1.93 bits per heavy atom. The molecule has 0 saturated heterocycles. The molecule has 0 spiro atoms. The summed E-state index contributed by atoms with van der Waals surface area (Å²) in [6.45, 7) is 2.59. The first-order valence-corrected chi connectivity index (χ1v) is 10.4. The van der Waals surface area contributed by atoms with E-state index in [4.69, 9.17) is 9.47 Å². The van der Waals surface area contributed by atoms with E-state index in [1.54, 1.807) is 25.4 Å². The molecule has 1 N–H and O–H groups in total. The summed E-state index contributed by atoms with van der Waals surface area (Å²) in [5, 5.41) is 3.04. The predicted molar refractivity (Wildman–Crippen MR) is 115 cm³/mol. The second-order valence-electron chi connectivity index (χ2n) is 7.51. The molecule has 1 aliphatic carbocycles. The zero-order valence-corrected chi connectivity index (χ0v) is 17.3. The van der Waals surface area contributed by atoms with Crippen LogP contribution in [0.2, 0.25) is 0 Å². The van der Waals surface area contributed by atoms with Crippen LogP contribution in [0.15, 0.2) is 54.9 Å². The molecule has 158 valence electrons. The average molecular weight is 408 g/mol. The van der Waals surface area contributed by atoms with E-state index in [0.717, 1.165) is 42.6 Å². The minimum Gasteiger partial charge on any atom is -0.489 e. The standard InChI is InChI=1S/C24H28N2O4/c1-2-29-23(28)16-24(13-3-4-14-24)26-22(27)12-9-19-7-10-21(11-8-19)30-18-20-6-5-15-25-17-20/h5-12,15,17H,2-4,13-14,16,18H2,1H3,(H,26,27). The SMILES string of the molecule is CCOC(=O)CC1(NC(=O)C=Cc2ccc(OCc3cccnc3)cc2)CCCC1. The van der Waals surface area contributed by atoms with E-state index >= 15 is 0 Å². The fourth-order valence-electron chi connectivity index (χ4n) is 3.69. The van der Waals surface area contributed by atoms with Crippen molar-refractivity contribution in [2.24, 2.45) is 0 Å². The number of nitrogens with zero attached hydrogens (tertiary/aromatic N) is 1. The van der Waals surface area contributed by atoms with Gasteiger partial charge in [-0.05, 0) is 49.6 Å². The molecule has 6 heteroatoms. The van der Waals surface area contributed by atoms with Crippen LogP contribution in [0.5, 0.6) is 5.75 Å². The number of hydrogen-bond acceptors (Lipinski definition) is 5. The largest absolute Gasteiger partial charge is 0.489 e. The molecule has 1 aromatic heterocycles. The molecule has 1 fully saturated rings. The highest BCUT2D eigenvalue weighted by molar-refractivity contribution is 5.92. The van der Waals surface area contributed by atoms with Gasteiger partial charge in [0.1, 0.15) is 12.4 Å².